The smallest absolute Gasteiger partial charge is 0.454 e. The number of nitro groups is 1. The Morgan fingerprint density at radius 3 is 2.79 bits per heavy atom. The van der Waals surface area contributed by atoms with Gasteiger partial charge >= 0.3 is 11.8 Å². The van der Waals surface area contributed by atoms with Crippen molar-refractivity contribution in [3.8, 4) is 23.3 Å². The van der Waals surface area contributed by atoms with E-state index in [4.69, 9.17) is 23.7 Å². The summed E-state index contributed by atoms with van der Waals surface area (Å²) in [5.41, 5.74) is -1.53. The molecule has 0 aliphatic carbocycles. The molecule has 2 aromatic rings. The normalized spacial score (nSPS) is 20.1. The van der Waals surface area contributed by atoms with Gasteiger partial charge in [-0.1, -0.05) is 25.2 Å². The summed E-state index contributed by atoms with van der Waals surface area (Å²) in [6.07, 6.45) is -1.60. The first-order valence-electron chi connectivity index (χ1n) is 12.3. The molecular formula is C25H27N3O11. The summed E-state index contributed by atoms with van der Waals surface area (Å²) in [6.45, 7) is 2.93. The van der Waals surface area contributed by atoms with Crippen LogP contribution in [0.3, 0.4) is 0 Å². The molecule has 2 aliphatic rings. The van der Waals surface area contributed by atoms with Crippen LogP contribution in [0.4, 0.5) is 10.5 Å². The van der Waals surface area contributed by atoms with Gasteiger partial charge in [0.2, 0.25) is 6.79 Å². The van der Waals surface area contributed by atoms with Crippen LogP contribution in [0, 0.1) is 22.0 Å². The lowest BCUT2D eigenvalue weighted by Gasteiger charge is -2.18. The van der Waals surface area contributed by atoms with Crippen molar-refractivity contribution < 1.29 is 38.5 Å². The number of carbonyl (C=O) groups is 1. The number of aliphatic hydroxyl groups is 1. The molecule has 2 N–H and O–H groups in total. The zero-order valence-corrected chi connectivity index (χ0v) is 21.2. The molecule has 14 heteroatoms. The van der Waals surface area contributed by atoms with Gasteiger partial charge in [0, 0.05) is 19.0 Å². The third kappa shape index (κ3) is 6.39. The van der Waals surface area contributed by atoms with Crippen LogP contribution in [0.1, 0.15) is 63.0 Å². The number of aromatic nitrogens is 2. The van der Waals surface area contributed by atoms with Gasteiger partial charge < -0.3 is 28.8 Å². The number of hydrogen-bond acceptors (Lipinski definition) is 11. The van der Waals surface area contributed by atoms with Gasteiger partial charge in [0.15, 0.2) is 11.5 Å². The molecule has 0 saturated carbocycles. The Labute approximate surface area is 221 Å². The summed E-state index contributed by atoms with van der Waals surface area (Å²) in [5, 5.41) is 21.9. The fourth-order valence-electron chi connectivity index (χ4n) is 4.07. The van der Waals surface area contributed by atoms with E-state index < -0.39 is 53.5 Å². The average Bonchev–Trinajstić information content (AvgIpc) is 3.51. The van der Waals surface area contributed by atoms with E-state index in [1.807, 2.05) is 6.92 Å². The lowest BCUT2D eigenvalue weighted by atomic mass is 10.1. The van der Waals surface area contributed by atoms with Gasteiger partial charge in [0.05, 0.1) is 22.7 Å². The van der Waals surface area contributed by atoms with Crippen LogP contribution in [0.15, 0.2) is 27.9 Å². The van der Waals surface area contributed by atoms with Crippen molar-refractivity contribution in [3.63, 3.8) is 0 Å². The highest BCUT2D eigenvalue weighted by atomic mass is 16.7. The summed E-state index contributed by atoms with van der Waals surface area (Å²) in [6, 6.07) is 2.55. The molecule has 39 heavy (non-hydrogen) atoms. The van der Waals surface area contributed by atoms with Gasteiger partial charge in [0.25, 0.3) is 11.2 Å². The van der Waals surface area contributed by atoms with E-state index in [2.05, 4.69) is 16.8 Å². The molecule has 4 rings (SSSR count). The van der Waals surface area contributed by atoms with Crippen LogP contribution in [0.25, 0.3) is 0 Å². The number of H-pyrrole nitrogens is 1. The van der Waals surface area contributed by atoms with Gasteiger partial charge in [-0.05, 0) is 19.4 Å². The number of carbonyl (C=O) groups excluding carboxylic acids is 1. The number of aromatic amines is 1. The van der Waals surface area contributed by atoms with Crippen LogP contribution in [-0.4, -0.2) is 51.3 Å². The van der Waals surface area contributed by atoms with E-state index in [0.717, 1.165) is 17.4 Å². The largest absolute Gasteiger partial charge is 0.508 e. The molecule has 1 aromatic heterocycles. The first-order valence-corrected chi connectivity index (χ1v) is 12.3. The second-order valence-electron chi connectivity index (χ2n) is 8.89. The zero-order valence-electron chi connectivity index (χ0n) is 21.2. The van der Waals surface area contributed by atoms with Crippen molar-refractivity contribution in [3.05, 3.63) is 60.4 Å². The zero-order chi connectivity index (χ0) is 28.1. The fraction of sp³-hybridized carbons (Fsp3) is 0.480. The third-order valence-electron chi connectivity index (χ3n) is 6.16. The highest BCUT2D eigenvalue weighted by Crippen LogP contribution is 2.41. The highest BCUT2D eigenvalue weighted by Gasteiger charge is 2.37. The number of unbranched alkanes of at least 4 members (excludes halogenated alkanes) is 2. The minimum Gasteiger partial charge on any atom is -0.454 e. The van der Waals surface area contributed by atoms with Crippen molar-refractivity contribution in [2.24, 2.45) is 0 Å². The molecule has 208 valence electrons. The number of rotatable bonds is 8. The number of nitrogens with one attached hydrogen (secondary N) is 1. The third-order valence-corrected chi connectivity index (χ3v) is 6.16. The molecule has 4 atom stereocenters. The van der Waals surface area contributed by atoms with Gasteiger partial charge in [-0.15, -0.1) is 0 Å². The minimum atomic E-state index is -1.15. The summed E-state index contributed by atoms with van der Waals surface area (Å²) in [7, 11) is 0. The molecule has 4 unspecified atom stereocenters. The second kappa shape index (κ2) is 12.0. The monoisotopic (exact) mass is 545 g/mol. The number of ether oxygens (including phenoxy) is 5. The van der Waals surface area contributed by atoms with Crippen LogP contribution in [0.5, 0.6) is 11.5 Å². The Hall–Kier alpha value is -4.35. The van der Waals surface area contributed by atoms with Crippen molar-refractivity contribution in [1.82, 2.24) is 9.55 Å². The highest BCUT2D eigenvalue weighted by molar-refractivity contribution is 5.62. The maximum Gasteiger partial charge on any atom is 0.508 e. The summed E-state index contributed by atoms with van der Waals surface area (Å²) < 4.78 is 27.5. The first kappa shape index (κ1) is 27.7. The van der Waals surface area contributed by atoms with Gasteiger partial charge in [-0.2, -0.15) is 0 Å². The second-order valence-corrected chi connectivity index (χ2v) is 8.89. The van der Waals surface area contributed by atoms with Crippen molar-refractivity contribution >= 4 is 11.8 Å². The van der Waals surface area contributed by atoms with E-state index >= 15 is 0 Å². The lowest BCUT2D eigenvalue weighted by Crippen LogP contribution is -2.34. The average molecular weight is 546 g/mol. The van der Waals surface area contributed by atoms with Crippen molar-refractivity contribution in [1.29, 1.82) is 0 Å². The maximum absolute atomic E-state index is 12.4. The molecule has 2 aliphatic heterocycles. The quantitative estimate of drug-likeness (QED) is 0.163. The van der Waals surface area contributed by atoms with Crippen LogP contribution in [0.2, 0.25) is 0 Å². The number of nitrogens with zero attached hydrogens (tertiary/aromatic N) is 2. The molecule has 1 fully saturated rings. The van der Waals surface area contributed by atoms with Crippen LogP contribution >= 0.6 is 0 Å². The Kier molecular flexibility index (Phi) is 8.52. The van der Waals surface area contributed by atoms with Gasteiger partial charge in [-0.3, -0.25) is 24.5 Å². The molecule has 14 nitrogen and oxygen atoms in total. The molecular weight excluding hydrogens is 518 g/mol. The fourth-order valence-corrected chi connectivity index (χ4v) is 4.07. The standard InChI is InChI=1S/C25H27N3O11/c1-3-4-5-6-7-15-11-27(24(31)26-23(15)30)22-10-18(29)21(39-22)12-35-25(32)38-14(2)16-8-19-20(37-13-36-19)9-17(16)28(33)34/h8-9,11,14,18,21-22,29H,3-5,10,12-13H2,1-2H3,(H,26,30,31). The Morgan fingerprint density at radius 2 is 2.08 bits per heavy atom. The number of benzene rings is 1. The summed E-state index contributed by atoms with van der Waals surface area (Å²) in [4.78, 5) is 49.8. The predicted octanol–water partition coefficient (Wildman–Crippen LogP) is 2.28. The Morgan fingerprint density at radius 1 is 1.33 bits per heavy atom. The number of fused-ring (bicyclic) bond motifs is 1. The number of aliphatic hydroxyl groups excluding tert-OH is 1. The predicted molar refractivity (Wildman–Crippen MR) is 132 cm³/mol. The minimum absolute atomic E-state index is 0.0163. The SMILES string of the molecule is CCCCC#Cc1cn(C2CC(O)C(COC(=O)OC(C)c3cc4c(cc3[N+](=O)[O-])OCO4)O2)c(=O)[nH]c1=O. The van der Waals surface area contributed by atoms with Crippen LogP contribution < -0.4 is 20.7 Å². The molecule has 0 spiro atoms. The lowest BCUT2D eigenvalue weighted by molar-refractivity contribution is -0.386. The summed E-state index contributed by atoms with van der Waals surface area (Å²) in [5.74, 6) is 6.11. The van der Waals surface area contributed by atoms with Gasteiger partial charge in [0.1, 0.15) is 30.6 Å². The van der Waals surface area contributed by atoms with E-state index in [9.17, 15) is 29.6 Å². The molecule has 0 amide bonds. The summed E-state index contributed by atoms with van der Waals surface area (Å²) >= 11 is 0. The molecule has 0 bridgehead atoms. The van der Waals surface area contributed by atoms with E-state index in [1.165, 1.54) is 25.3 Å². The molecule has 0 radical (unpaired) electrons. The Bertz CT molecular complexity index is 1420. The number of hydrogen-bond donors (Lipinski definition) is 2. The Balaban J connectivity index is 1.37. The van der Waals surface area contributed by atoms with Crippen LogP contribution in [-0.2, 0) is 14.2 Å². The molecule has 1 aromatic carbocycles. The van der Waals surface area contributed by atoms with Gasteiger partial charge in [-0.25, -0.2) is 9.59 Å². The topological polar surface area (TPSA) is 181 Å². The van der Waals surface area contributed by atoms with Crippen molar-refractivity contribution in [2.45, 2.75) is 64.1 Å². The maximum atomic E-state index is 12.4. The van der Waals surface area contributed by atoms with E-state index in [1.54, 1.807) is 0 Å². The molecule has 3 heterocycles. The first-order chi connectivity index (χ1) is 18.7. The number of nitro benzene ring substituents is 1. The van der Waals surface area contributed by atoms with E-state index in [-0.39, 0.29) is 41.5 Å². The van der Waals surface area contributed by atoms with Crippen molar-refractivity contribution in [2.75, 3.05) is 13.4 Å². The van der Waals surface area contributed by atoms with E-state index in [0.29, 0.717) is 6.42 Å². The molecule has 1 saturated heterocycles.